The number of benzene rings is 1. The minimum atomic E-state index is -0.730. The van der Waals surface area contributed by atoms with E-state index in [1.165, 1.54) is 7.11 Å². The van der Waals surface area contributed by atoms with Crippen LogP contribution < -0.4 is 10.6 Å². The molecule has 0 fully saturated rings. The Bertz CT molecular complexity index is 462. The maximum Gasteiger partial charge on any atom is 0.413 e. The molecule has 0 aromatic heterocycles. The van der Waals surface area contributed by atoms with E-state index in [0.29, 0.717) is 0 Å². The molecule has 0 spiro atoms. The molecular weight excluding hydrogens is 324 g/mol. The van der Waals surface area contributed by atoms with Gasteiger partial charge in [0.15, 0.2) is 6.04 Å². The van der Waals surface area contributed by atoms with Gasteiger partial charge < -0.3 is 10.1 Å². The van der Waals surface area contributed by atoms with Gasteiger partial charge >= 0.3 is 6.09 Å². The van der Waals surface area contributed by atoms with E-state index in [0.717, 1.165) is 16.5 Å². The van der Waals surface area contributed by atoms with E-state index in [-0.39, 0.29) is 18.0 Å². The predicted molar refractivity (Wildman–Crippen MR) is 79.1 cm³/mol. The van der Waals surface area contributed by atoms with Crippen LogP contribution in [-0.2, 0) is 9.53 Å². The minimum absolute atomic E-state index is 0.168. The van der Waals surface area contributed by atoms with E-state index in [1.807, 2.05) is 29.6 Å². The molecule has 0 heterocycles. The van der Waals surface area contributed by atoms with Gasteiger partial charge in [-0.15, -0.1) is 0 Å². The summed E-state index contributed by atoms with van der Waals surface area (Å²) in [5.41, 5.74) is 1.15. The van der Waals surface area contributed by atoms with Crippen LogP contribution in [0.25, 0.3) is 0 Å². The lowest BCUT2D eigenvalue weighted by Gasteiger charge is -2.18. The van der Waals surface area contributed by atoms with Crippen molar-refractivity contribution in [1.82, 2.24) is 5.32 Å². The highest BCUT2D eigenvalue weighted by atomic mass is 79.9. The highest BCUT2D eigenvalue weighted by molar-refractivity contribution is 9.10. The molecule has 0 radical (unpaired) electrons. The number of carbonyl (C=O) groups excluding carboxylic acids is 2. The van der Waals surface area contributed by atoms with Gasteiger partial charge in [0.25, 0.3) is 5.91 Å². The molecule has 1 aromatic carbocycles. The van der Waals surface area contributed by atoms with Gasteiger partial charge in [-0.1, -0.05) is 35.0 Å². The number of amides is 2. The number of hydrogen-bond acceptors (Lipinski definition) is 3. The summed E-state index contributed by atoms with van der Waals surface area (Å²) in [5, 5.41) is 4.13. The Kier molecular flexibility index (Phi) is 6.67. The lowest BCUT2D eigenvalue weighted by atomic mass is 10.0. The van der Waals surface area contributed by atoms with Crippen molar-refractivity contribution < 1.29 is 19.6 Å². The topological polar surface area (TPSA) is 72.0 Å². The smallest absolute Gasteiger partial charge is 0.413 e. The van der Waals surface area contributed by atoms with E-state index < -0.39 is 6.09 Å². The third kappa shape index (κ3) is 4.94. The normalized spacial score (nSPS) is 13.4. The van der Waals surface area contributed by atoms with Crippen molar-refractivity contribution in [3.63, 3.8) is 0 Å². The summed E-state index contributed by atoms with van der Waals surface area (Å²) in [7, 11) is 1.23. The number of ether oxygens (including phenoxy) is 1. The Hall–Kier alpha value is -1.40. The van der Waals surface area contributed by atoms with Gasteiger partial charge in [0, 0.05) is 16.5 Å². The molecule has 0 bridgehead atoms. The summed E-state index contributed by atoms with van der Waals surface area (Å²) >= 11 is 3.40. The molecule has 1 aromatic rings. The zero-order valence-corrected chi connectivity index (χ0v) is 13.4. The number of rotatable bonds is 5. The quantitative estimate of drug-likeness (QED) is 0.855. The molecular formula is C14H20BrN2O3+. The van der Waals surface area contributed by atoms with Crippen molar-refractivity contribution in [2.24, 2.45) is 0 Å². The largest absolute Gasteiger partial charge is 0.453 e. The third-order valence-corrected chi connectivity index (χ3v) is 3.61. The molecule has 5 nitrogen and oxygen atoms in total. The summed E-state index contributed by atoms with van der Waals surface area (Å²) < 4.78 is 5.43. The lowest BCUT2D eigenvalue weighted by molar-refractivity contribution is -0.713. The molecule has 6 heteroatoms. The second-order valence-electron chi connectivity index (χ2n) is 4.53. The highest BCUT2D eigenvalue weighted by Crippen LogP contribution is 2.16. The Labute approximate surface area is 127 Å². The van der Waals surface area contributed by atoms with Crippen LogP contribution >= 0.6 is 15.9 Å². The molecule has 0 aliphatic heterocycles. The van der Waals surface area contributed by atoms with Crippen LogP contribution in [0.2, 0.25) is 0 Å². The number of halogens is 1. The van der Waals surface area contributed by atoms with Gasteiger partial charge in [-0.05, 0) is 19.1 Å². The first-order chi connectivity index (χ1) is 9.47. The van der Waals surface area contributed by atoms with Crippen LogP contribution in [0.4, 0.5) is 4.79 Å². The van der Waals surface area contributed by atoms with E-state index >= 15 is 0 Å². The van der Waals surface area contributed by atoms with Crippen molar-refractivity contribution in [3.8, 4) is 0 Å². The molecule has 0 aliphatic rings. The molecule has 0 unspecified atom stereocenters. The summed E-state index contributed by atoms with van der Waals surface area (Å²) in [5.74, 6) is -0.354. The Balaban J connectivity index is 2.66. The van der Waals surface area contributed by atoms with Gasteiger partial charge in [-0.2, -0.15) is 0 Å². The number of methoxy groups -OCH3 is 1. The molecule has 20 heavy (non-hydrogen) atoms. The van der Waals surface area contributed by atoms with Gasteiger partial charge in [0.1, 0.15) is 6.04 Å². The van der Waals surface area contributed by atoms with E-state index in [4.69, 9.17) is 0 Å². The molecule has 3 N–H and O–H groups in total. The summed E-state index contributed by atoms with van der Waals surface area (Å²) in [6.45, 7) is 3.83. The Morgan fingerprint density at radius 3 is 2.45 bits per heavy atom. The maximum absolute atomic E-state index is 11.8. The Morgan fingerprint density at radius 1 is 1.35 bits per heavy atom. The maximum atomic E-state index is 11.8. The fraction of sp³-hybridized carbons (Fsp3) is 0.429. The fourth-order valence-corrected chi connectivity index (χ4v) is 2.16. The molecule has 0 saturated heterocycles. The van der Waals surface area contributed by atoms with Gasteiger partial charge in [-0.25, -0.2) is 4.79 Å². The summed E-state index contributed by atoms with van der Waals surface area (Å²) in [4.78, 5) is 22.8. The second-order valence-corrected chi connectivity index (χ2v) is 5.44. The SMILES string of the molecule is CC[C@@H]([NH2+][C@@H](C)C(=O)NC(=O)OC)c1ccc(Br)cc1. The van der Waals surface area contributed by atoms with Crippen LogP contribution in [0.15, 0.2) is 28.7 Å². The second kappa shape index (κ2) is 8.01. The fourth-order valence-electron chi connectivity index (χ4n) is 1.89. The van der Waals surface area contributed by atoms with Crippen molar-refractivity contribution in [1.29, 1.82) is 0 Å². The van der Waals surface area contributed by atoms with Crippen molar-refractivity contribution >= 4 is 27.9 Å². The number of quaternary nitrogens is 1. The van der Waals surface area contributed by atoms with Gasteiger partial charge in [0.2, 0.25) is 0 Å². The predicted octanol–water partition coefficient (Wildman–Crippen LogP) is 1.73. The van der Waals surface area contributed by atoms with Crippen molar-refractivity contribution in [2.45, 2.75) is 32.4 Å². The standard InChI is InChI=1S/C14H19BrN2O3/c1-4-12(10-5-7-11(15)8-6-10)16-9(2)13(18)17-14(19)20-3/h5-9,12,16H,4H2,1-3H3,(H,17,18,19)/p+1/t9-,12+/m0/s1. The summed E-state index contributed by atoms with van der Waals surface area (Å²) in [6.07, 6.45) is 0.157. The number of carbonyl (C=O) groups is 2. The minimum Gasteiger partial charge on any atom is -0.453 e. The van der Waals surface area contributed by atoms with E-state index in [2.05, 4.69) is 32.9 Å². The molecule has 0 saturated carbocycles. The molecule has 0 aliphatic carbocycles. The zero-order valence-electron chi connectivity index (χ0n) is 11.9. The monoisotopic (exact) mass is 343 g/mol. The van der Waals surface area contributed by atoms with Crippen LogP contribution in [0, 0.1) is 0 Å². The third-order valence-electron chi connectivity index (χ3n) is 3.08. The average molecular weight is 344 g/mol. The molecule has 2 atom stereocenters. The van der Waals surface area contributed by atoms with E-state index in [9.17, 15) is 9.59 Å². The summed E-state index contributed by atoms with van der Waals surface area (Å²) in [6, 6.07) is 7.80. The van der Waals surface area contributed by atoms with E-state index in [1.54, 1.807) is 6.92 Å². The zero-order chi connectivity index (χ0) is 15.1. The number of nitrogens with two attached hydrogens (primary N) is 1. The highest BCUT2D eigenvalue weighted by Gasteiger charge is 2.23. The Morgan fingerprint density at radius 2 is 1.95 bits per heavy atom. The first kappa shape index (κ1) is 16.7. The molecule has 2 amide bonds. The van der Waals surface area contributed by atoms with Crippen LogP contribution in [0.5, 0.6) is 0 Å². The van der Waals surface area contributed by atoms with Crippen molar-refractivity contribution in [3.05, 3.63) is 34.3 Å². The van der Waals surface area contributed by atoms with Crippen LogP contribution in [-0.4, -0.2) is 25.2 Å². The number of imide groups is 1. The lowest BCUT2D eigenvalue weighted by Crippen LogP contribution is -2.92. The first-order valence-corrected chi connectivity index (χ1v) is 7.26. The number of hydrogen-bond donors (Lipinski definition) is 2. The average Bonchev–Trinajstić information content (AvgIpc) is 2.45. The van der Waals surface area contributed by atoms with Crippen LogP contribution in [0.1, 0.15) is 31.9 Å². The van der Waals surface area contributed by atoms with Crippen molar-refractivity contribution in [2.75, 3.05) is 7.11 Å². The van der Waals surface area contributed by atoms with Gasteiger partial charge in [-0.3, -0.25) is 10.1 Å². The molecule has 110 valence electrons. The number of nitrogens with one attached hydrogen (secondary N) is 1. The van der Waals surface area contributed by atoms with Crippen LogP contribution in [0.3, 0.4) is 0 Å². The first-order valence-electron chi connectivity index (χ1n) is 6.47. The number of alkyl carbamates (subject to hydrolysis) is 1. The van der Waals surface area contributed by atoms with Gasteiger partial charge in [0.05, 0.1) is 7.11 Å². The molecule has 1 rings (SSSR count).